The number of carbonyl (C=O) groups is 1. The van der Waals surface area contributed by atoms with Crippen molar-refractivity contribution in [2.45, 2.75) is 31.5 Å². The number of likely N-dealkylation sites (tertiary alicyclic amines) is 1. The number of alkyl halides is 3. The summed E-state index contributed by atoms with van der Waals surface area (Å²) in [5, 5.41) is 7.60. The monoisotopic (exact) mass is 365 g/mol. The Hall–Kier alpha value is -2.64. The lowest BCUT2D eigenvalue weighted by Gasteiger charge is -2.32. The topological polar surface area (TPSA) is 55.3 Å². The number of hydrogen-bond donors (Lipinski definition) is 0. The number of benzene rings is 1. The molecular weight excluding hydrogens is 347 g/mol. The molecule has 2 heterocycles. The number of ether oxygens (including phenoxy) is 1. The number of halogens is 3. The molecule has 8 heteroatoms. The zero-order chi connectivity index (χ0) is 18.6. The number of aromatic nitrogens is 2. The third-order valence-electron chi connectivity index (χ3n) is 4.18. The molecule has 1 aromatic carbocycles. The quantitative estimate of drug-likeness (QED) is 0.836. The molecule has 5 nitrogen and oxygen atoms in total. The third-order valence-corrected chi connectivity index (χ3v) is 4.18. The molecule has 3 rings (SSSR count). The molecule has 1 saturated heterocycles. The van der Waals surface area contributed by atoms with Gasteiger partial charge in [0.25, 0.3) is 0 Å². The molecule has 1 unspecified atom stereocenters. The van der Waals surface area contributed by atoms with Gasteiger partial charge in [-0.2, -0.15) is 18.3 Å². The Balaban J connectivity index is 1.61. The van der Waals surface area contributed by atoms with E-state index in [0.29, 0.717) is 24.5 Å². The van der Waals surface area contributed by atoms with Crippen LogP contribution in [-0.4, -0.2) is 40.2 Å². The van der Waals surface area contributed by atoms with Crippen LogP contribution < -0.4 is 4.74 Å². The van der Waals surface area contributed by atoms with Crippen LogP contribution in [0.3, 0.4) is 0 Å². The van der Waals surface area contributed by atoms with E-state index in [0.717, 1.165) is 25.0 Å². The molecule has 1 fully saturated rings. The van der Waals surface area contributed by atoms with E-state index >= 15 is 0 Å². The minimum atomic E-state index is -4.42. The van der Waals surface area contributed by atoms with Gasteiger partial charge in [-0.25, -0.2) is 0 Å². The minimum absolute atomic E-state index is 0.0677. The smallest absolute Gasteiger partial charge is 0.416 e. The van der Waals surface area contributed by atoms with Crippen molar-refractivity contribution in [3.63, 3.8) is 0 Å². The van der Waals surface area contributed by atoms with Crippen molar-refractivity contribution in [3.05, 3.63) is 53.7 Å². The fraction of sp³-hybridized carbons (Fsp3) is 0.389. The predicted octanol–water partition coefficient (Wildman–Crippen LogP) is 3.11. The summed E-state index contributed by atoms with van der Waals surface area (Å²) < 4.78 is 44.1. The van der Waals surface area contributed by atoms with Gasteiger partial charge in [-0.1, -0.05) is 18.2 Å². The molecule has 0 aliphatic carbocycles. The van der Waals surface area contributed by atoms with E-state index in [4.69, 9.17) is 4.74 Å². The van der Waals surface area contributed by atoms with E-state index in [1.54, 1.807) is 23.2 Å². The van der Waals surface area contributed by atoms with Gasteiger partial charge in [-0.15, -0.1) is 5.10 Å². The minimum Gasteiger partial charge on any atom is -0.471 e. The van der Waals surface area contributed by atoms with Gasteiger partial charge in [-0.05, 0) is 30.5 Å². The Morgan fingerprint density at radius 2 is 2.12 bits per heavy atom. The fourth-order valence-electron chi connectivity index (χ4n) is 2.93. The molecule has 2 aromatic rings. The summed E-state index contributed by atoms with van der Waals surface area (Å²) in [5.41, 5.74) is -0.396. The number of hydrogen-bond acceptors (Lipinski definition) is 4. The fourth-order valence-corrected chi connectivity index (χ4v) is 2.93. The van der Waals surface area contributed by atoms with Crippen molar-refractivity contribution >= 4 is 5.91 Å². The van der Waals surface area contributed by atoms with Crippen LogP contribution in [0.4, 0.5) is 13.2 Å². The van der Waals surface area contributed by atoms with Crippen LogP contribution in [0.1, 0.15) is 24.0 Å². The van der Waals surface area contributed by atoms with E-state index in [9.17, 15) is 18.0 Å². The number of nitrogens with zero attached hydrogens (tertiary/aromatic N) is 3. The lowest BCUT2D eigenvalue weighted by Crippen LogP contribution is -2.45. The maximum atomic E-state index is 12.8. The van der Waals surface area contributed by atoms with Crippen molar-refractivity contribution < 1.29 is 22.7 Å². The third kappa shape index (κ3) is 4.71. The molecule has 1 aliphatic heterocycles. The van der Waals surface area contributed by atoms with Crippen LogP contribution in [0.25, 0.3) is 0 Å². The van der Waals surface area contributed by atoms with E-state index in [1.807, 2.05) is 0 Å². The summed E-state index contributed by atoms with van der Waals surface area (Å²) in [6, 6.07) is 8.28. The predicted molar refractivity (Wildman–Crippen MR) is 87.4 cm³/mol. The van der Waals surface area contributed by atoms with Gasteiger partial charge < -0.3 is 9.64 Å². The molecule has 1 aromatic heterocycles. The molecule has 0 radical (unpaired) electrons. The number of amides is 1. The highest BCUT2D eigenvalue weighted by molar-refractivity contribution is 5.79. The van der Waals surface area contributed by atoms with Crippen molar-refractivity contribution in [1.82, 2.24) is 15.1 Å². The molecule has 1 amide bonds. The summed E-state index contributed by atoms with van der Waals surface area (Å²) >= 11 is 0. The van der Waals surface area contributed by atoms with Crippen molar-refractivity contribution in [2.75, 3.05) is 13.1 Å². The van der Waals surface area contributed by atoms with Crippen molar-refractivity contribution in [3.8, 4) is 5.88 Å². The van der Waals surface area contributed by atoms with Crippen molar-refractivity contribution in [1.29, 1.82) is 0 Å². The first kappa shape index (κ1) is 18.2. The molecule has 0 saturated carbocycles. The molecule has 0 bridgehead atoms. The van der Waals surface area contributed by atoms with Crippen LogP contribution in [0.2, 0.25) is 0 Å². The van der Waals surface area contributed by atoms with E-state index in [-0.39, 0.29) is 18.4 Å². The van der Waals surface area contributed by atoms with E-state index in [2.05, 4.69) is 10.2 Å². The zero-order valence-corrected chi connectivity index (χ0v) is 13.9. The molecule has 26 heavy (non-hydrogen) atoms. The molecule has 1 aliphatic rings. The number of carbonyl (C=O) groups excluding carboxylic acids is 1. The SMILES string of the molecule is O=C(Cc1cccc(C(F)(F)F)c1)N1CCCC(Oc2cccnn2)C1. The first-order valence-electron chi connectivity index (χ1n) is 8.30. The van der Waals surface area contributed by atoms with Gasteiger partial charge >= 0.3 is 6.18 Å². The molecule has 138 valence electrons. The highest BCUT2D eigenvalue weighted by Gasteiger charge is 2.31. The number of rotatable bonds is 4. The van der Waals surface area contributed by atoms with E-state index < -0.39 is 11.7 Å². The van der Waals surface area contributed by atoms with Gasteiger partial charge in [0.2, 0.25) is 11.8 Å². The molecular formula is C18H18F3N3O2. The first-order chi connectivity index (χ1) is 12.4. The van der Waals surface area contributed by atoms with Gasteiger partial charge in [0.05, 0.1) is 18.5 Å². The Labute approximate surface area is 148 Å². The van der Waals surface area contributed by atoms with E-state index in [1.165, 1.54) is 12.1 Å². The second-order valence-corrected chi connectivity index (χ2v) is 6.16. The second-order valence-electron chi connectivity index (χ2n) is 6.16. The number of piperidine rings is 1. The maximum absolute atomic E-state index is 12.8. The summed E-state index contributed by atoms with van der Waals surface area (Å²) in [6.07, 6.45) is -1.60. The van der Waals surface area contributed by atoms with Gasteiger partial charge in [-0.3, -0.25) is 4.79 Å². The Morgan fingerprint density at radius 1 is 1.27 bits per heavy atom. The standard InChI is InChI=1S/C18H18F3N3O2/c19-18(20,21)14-5-1-4-13(10-14)11-17(25)24-9-3-6-15(12-24)26-16-7-2-8-22-23-16/h1-2,4-5,7-8,10,15H,3,6,9,11-12H2. The average molecular weight is 365 g/mol. The average Bonchev–Trinajstić information content (AvgIpc) is 2.62. The summed E-state index contributed by atoms with van der Waals surface area (Å²) in [7, 11) is 0. The second kappa shape index (κ2) is 7.72. The van der Waals surface area contributed by atoms with Crippen LogP contribution in [0, 0.1) is 0 Å². The van der Waals surface area contributed by atoms with Crippen LogP contribution in [0.15, 0.2) is 42.6 Å². The maximum Gasteiger partial charge on any atom is 0.416 e. The lowest BCUT2D eigenvalue weighted by molar-refractivity contribution is -0.138. The van der Waals surface area contributed by atoms with Crippen LogP contribution >= 0.6 is 0 Å². The molecule has 0 N–H and O–H groups in total. The van der Waals surface area contributed by atoms with Gasteiger partial charge in [0.15, 0.2) is 0 Å². The summed E-state index contributed by atoms with van der Waals surface area (Å²) in [5.74, 6) is 0.182. The summed E-state index contributed by atoms with van der Waals surface area (Å²) in [4.78, 5) is 14.1. The van der Waals surface area contributed by atoms with Crippen molar-refractivity contribution in [2.24, 2.45) is 0 Å². The van der Waals surface area contributed by atoms with Crippen LogP contribution in [0.5, 0.6) is 5.88 Å². The van der Waals surface area contributed by atoms with Gasteiger partial charge in [0, 0.05) is 18.8 Å². The Morgan fingerprint density at radius 3 is 2.85 bits per heavy atom. The lowest BCUT2D eigenvalue weighted by atomic mass is 10.0. The van der Waals surface area contributed by atoms with Crippen LogP contribution in [-0.2, 0) is 17.4 Å². The largest absolute Gasteiger partial charge is 0.471 e. The zero-order valence-electron chi connectivity index (χ0n) is 13.9. The molecule has 1 atom stereocenters. The Kier molecular flexibility index (Phi) is 5.39. The first-order valence-corrected chi connectivity index (χ1v) is 8.30. The highest BCUT2D eigenvalue weighted by atomic mass is 19.4. The summed E-state index contributed by atoms with van der Waals surface area (Å²) in [6.45, 7) is 0.951. The Bertz CT molecular complexity index is 753. The normalized spacial score (nSPS) is 17.8. The van der Waals surface area contributed by atoms with Gasteiger partial charge in [0.1, 0.15) is 6.10 Å². The molecule has 0 spiro atoms. The highest BCUT2D eigenvalue weighted by Crippen LogP contribution is 2.29.